The number of carbonyl (C=O) groups excluding carboxylic acids is 4. The molecule has 6 aromatic rings. The van der Waals surface area contributed by atoms with Crippen LogP contribution >= 0.6 is 0 Å². The zero-order valence-corrected chi connectivity index (χ0v) is 38.3. The summed E-state index contributed by atoms with van der Waals surface area (Å²) in [6.45, 7) is 1.72. The summed E-state index contributed by atoms with van der Waals surface area (Å²) in [6, 6.07) is 27.1. The second kappa shape index (κ2) is 18.2. The van der Waals surface area contributed by atoms with Crippen molar-refractivity contribution in [2.45, 2.75) is 88.0 Å². The minimum atomic E-state index is -0.876. The standard InChI is InChI=1S/C53H56N8O7/c1-66-52(64)58-45(31-20-23-68-24-21-31)50(62)60-22-6-9-44(60)48-54-29-43(57-48)36-14-18-40-35(26-36)11-10-34-25-32(13-17-39(34)40)33-15-19-41-42(28-33)56-49(55-41)47-37-12-16-38(27-37)61(47)51(63)46(59-53(65)67-2)30-7-4-3-5-8-30/h3-5,7-8,13-15,17-19,25-26,28-29,31,37-38,44-47H,6,9-12,16,20-24,27H2,1-2H3,(H,54,57)(H,55,56)(H,58,64)(H,59,65). The smallest absolute Gasteiger partial charge is 0.407 e. The van der Waals surface area contributed by atoms with Crippen LogP contribution in [0.4, 0.5) is 9.59 Å². The summed E-state index contributed by atoms with van der Waals surface area (Å²) >= 11 is 0. The molecule has 6 atom stereocenters. The number of piperidine rings is 1. The summed E-state index contributed by atoms with van der Waals surface area (Å²) in [5.74, 6) is 1.51. The third-order valence-electron chi connectivity index (χ3n) is 15.2. The van der Waals surface area contributed by atoms with E-state index in [-0.39, 0.29) is 41.8 Å². The normalized spacial score (nSPS) is 21.8. The van der Waals surface area contributed by atoms with Gasteiger partial charge < -0.3 is 44.6 Å². The van der Waals surface area contributed by atoms with Gasteiger partial charge in [0.2, 0.25) is 5.91 Å². The Balaban J connectivity index is 0.804. The van der Waals surface area contributed by atoms with E-state index in [0.717, 1.165) is 90.0 Å². The number of hydrogen-bond donors (Lipinski definition) is 4. The van der Waals surface area contributed by atoms with E-state index in [1.165, 1.54) is 36.5 Å². The number of rotatable bonds is 10. The SMILES string of the molecule is COC(=O)NC(C(=O)N1C2CCC(C2)C1c1nc2ccc(-c3ccc4c(c3)CCc3cc(-c5cnc(C6CCCN6C(=O)C(NC(=O)OC)C6CCOCC6)[nH]5)ccc3-4)cc2[nH]1)c1ccccc1. The number of amides is 4. The van der Waals surface area contributed by atoms with Crippen molar-refractivity contribution in [3.05, 3.63) is 119 Å². The minimum absolute atomic E-state index is 0.0266. The highest BCUT2D eigenvalue weighted by molar-refractivity contribution is 5.89. The molecule has 1 saturated carbocycles. The Hall–Kier alpha value is -7.00. The van der Waals surface area contributed by atoms with E-state index >= 15 is 0 Å². The Kier molecular flexibility index (Phi) is 11.7. The first kappa shape index (κ1) is 43.6. The first-order valence-corrected chi connectivity index (χ1v) is 24.0. The number of nitrogens with one attached hydrogen (secondary N) is 4. The molecule has 2 aromatic heterocycles. The number of H-pyrrole nitrogens is 2. The molecule has 2 bridgehead atoms. The summed E-state index contributed by atoms with van der Waals surface area (Å²) in [5.41, 5.74) is 11.7. The summed E-state index contributed by atoms with van der Waals surface area (Å²) in [4.78, 5) is 74.3. The van der Waals surface area contributed by atoms with Gasteiger partial charge in [0.25, 0.3) is 5.91 Å². The third kappa shape index (κ3) is 8.05. The van der Waals surface area contributed by atoms with Crippen molar-refractivity contribution in [3.8, 4) is 33.5 Å². The highest BCUT2D eigenvalue weighted by Crippen LogP contribution is 2.51. The number of fused-ring (bicyclic) bond motifs is 6. The molecule has 68 heavy (non-hydrogen) atoms. The maximum atomic E-state index is 14.4. The van der Waals surface area contributed by atoms with E-state index in [2.05, 4.69) is 75.2 Å². The molecule has 350 valence electrons. The van der Waals surface area contributed by atoms with Crippen LogP contribution in [-0.4, -0.2) is 99.8 Å². The molecule has 11 rings (SSSR count). The zero-order valence-electron chi connectivity index (χ0n) is 38.3. The van der Waals surface area contributed by atoms with Crippen LogP contribution in [0.3, 0.4) is 0 Å². The van der Waals surface area contributed by atoms with Crippen LogP contribution in [0.5, 0.6) is 0 Å². The fourth-order valence-electron chi connectivity index (χ4n) is 11.8. The van der Waals surface area contributed by atoms with Crippen molar-refractivity contribution in [1.82, 2.24) is 40.4 Å². The molecular formula is C53H56N8O7. The average Bonchev–Trinajstić information content (AvgIpc) is 4.26. The third-order valence-corrected chi connectivity index (χ3v) is 15.2. The van der Waals surface area contributed by atoms with Crippen LogP contribution in [0.2, 0.25) is 0 Å². The van der Waals surface area contributed by atoms with Crippen LogP contribution in [0.25, 0.3) is 44.5 Å². The number of aromatic nitrogens is 4. The van der Waals surface area contributed by atoms with E-state index in [9.17, 15) is 19.2 Å². The highest BCUT2D eigenvalue weighted by Gasteiger charge is 2.51. The Labute approximate surface area is 394 Å². The number of alkyl carbamates (subject to hydrolysis) is 2. The van der Waals surface area contributed by atoms with Gasteiger partial charge in [-0.05, 0) is 132 Å². The minimum Gasteiger partial charge on any atom is -0.453 e. The number of hydrogen-bond acceptors (Lipinski definition) is 9. The summed E-state index contributed by atoms with van der Waals surface area (Å²) < 4.78 is 15.4. The predicted molar refractivity (Wildman–Crippen MR) is 254 cm³/mol. The molecule has 2 aliphatic carbocycles. The maximum absolute atomic E-state index is 14.4. The van der Waals surface area contributed by atoms with Crippen LogP contribution in [-0.2, 0) is 36.6 Å². The summed E-state index contributed by atoms with van der Waals surface area (Å²) in [5, 5.41) is 5.63. The van der Waals surface area contributed by atoms with Crippen molar-refractivity contribution in [2.75, 3.05) is 34.0 Å². The first-order valence-electron chi connectivity index (χ1n) is 24.0. The maximum Gasteiger partial charge on any atom is 0.407 e. The van der Waals surface area contributed by atoms with Gasteiger partial charge in [-0.2, -0.15) is 0 Å². The Morgan fingerprint density at radius 1 is 0.750 bits per heavy atom. The number of carbonyl (C=O) groups is 4. The first-order chi connectivity index (χ1) is 33.2. The van der Waals surface area contributed by atoms with Crippen molar-refractivity contribution < 1.29 is 33.4 Å². The van der Waals surface area contributed by atoms with E-state index in [1.807, 2.05) is 46.3 Å². The Morgan fingerprint density at radius 2 is 1.46 bits per heavy atom. The summed E-state index contributed by atoms with van der Waals surface area (Å²) in [6.07, 6.45) is 8.29. The Bertz CT molecular complexity index is 2890. The molecule has 5 aliphatic rings. The van der Waals surface area contributed by atoms with Crippen molar-refractivity contribution >= 4 is 35.0 Å². The average molecular weight is 917 g/mol. The number of nitrogens with zero attached hydrogens (tertiary/aromatic N) is 4. The molecule has 15 heteroatoms. The van der Waals surface area contributed by atoms with Crippen molar-refractivity contribution in [2.24, 2.45) is 11.8 Å². The largest absolute Gasteiger partial charge is 0.453 e. The van der Waals surface area contributed by atoms with Gasteiger partial charge in [0.05, 0.1) is 49.2 Å². The number of ether oxygens (including phenoxy) is 3. The molecule has 4 amide bonds. The predicted octanol–water partition coefficient (Wildman–Crippen LogP) is 8.35. The van der Waals surface area contributed by atoms with E-state index in [0.29, 0.717) is 38.2 Å². The molecule has 4 aromatic carbocycles. The molecule has 6 unspecified atom stereocenters. The van der Waals surface area contributed by atoms with Crippen molar-refractivity contribution in [1.29, 1.82) is 0 Å². The second-order valence-corrected chi connectivity index (χ2v) is 18.9. The van der Waals surface area contributed by atoms with Gasteiger partial charge in [-0.15, -0.1) is 0 Å². The van der Waals surface area contributed by atoms with Crippen LogP contribution in [0.15, 0.2) is 91.1 Å². The van der Waals surface area contributed by atoms with Gasteiger partial charge in [-0.1, -0.05) is 66.7 Å². The van der Waals surface area contributed by atoms with Crippen molar-refractivity contribution in [3.63, 3.8) is 0 Å². The lowest BCUT2D eigenvalue weighted by atomic mass is 9.83. The number of methoxy groups -OCH3 is 2. The van der Waals surface area contributed by atoms with Gasteiger partial charge in [0.1, 0.15) is 23.7 Å². The zero-order chi connectivity index (χ0) is 46.5. The monoisotopic (exact) mass is 916 g/mol. The number of imidazole rings is 2. The van der Waals surface area contributed by atoms with Gasteiger partial charge >= 0.3 is 12.2 Å². The highest BCUT2D eigenvalue weighted by atomic mass is 16.5. The number of benzene rings is 4. The molecule has 3 aliphatic heterocycles. The number of aromatic amines is 2. The molecule has 4 fully saturated rings. The van der Waals surface area contributed by atoms with Gasteiger partial charge in [0, 0.05) is 25.8 Å². The fraction of sp³-hybridized carbons (Fsp3) is 0.396. The molecule has 0 spiro atoms. The lowest BCUT2D eigenvalue weighted by molar-refractivity contribution is -0.138. The topological polar surface area (TPSA) is 184 Å². The van der Waals surface area contributed by atoms with Crippen LogP contribution in [0, 0.1) is 11.8 Å². The molecule has 0 radical (unpaired) electrons. The number of aryl methyl sites for hydroxylation is 2. The van der Waals surface area contributed by atoms with Gasteiger partial charge in [-0.3, -0.25) is 9.59 Å². The van der Waals surface area contributed by atoms with Gasteiger partial charge in [0.15, 0.2) is 0 Å². The summed E-state index contributed by atoms with van der Waals surface area (Å²) in [7, 11) is 2.62. The molecule has 15 nitrogen and oxygen atoms in total. The van der Waals surface area contributed by atoms with E-state index < -0.39 is 24.3 Å². The quantitative estimate of drug-likeness (QED) is 0.105. The van der Waals surface area contributed by atoms with E-state index in [4.69, 9.17) is 24.2 Å². The van der Waals surface area contributed by atoms with Gasteiger partial charge in [-0.25, -0.2) is 19.6 Å². The Morgan fingerprint density at radius 3 is 2.22 bits per heavy atom. The molecule has 4 N–H and O–H groups in total. The second-order valence-electron chi connectivity index (χ2n) is 18.9. The lowest BCUT2D eigenvalue weighted by Crippen LogP contribution is -2.53. The fourth-order valence-corrected chi connectivity index (χ4v) is 11.8. The number of likely N-dealkylation sites (tertiary alicyclic amines) is 2. The van der Waals surface area contributed by atoms with Crippen LogP contribution < -0.4 is 10.6 Å². The molecule has 5 heterocycles. The molecular weight excluding hydrogens is 861 g/mol. The molecule has 3 saturated heterocycles. The van der Waals surface area contributed by atoms with Crippen LogP contribution in [0.1, 0.15) is 91.4 Å². The van der Waals surface area contributed by atoms with E-state index in [1.54, 1.807) is 0 Å². The lowest BCUT2D eigenvalue weighted by Gasteiger charge is -2.36.